The topological polar surface area (TPSA) is 331 Å². The number of rotatable bonds is 5. The fraction of sp³-hybridized carbons (Fsp3) is 0.200. The molecule has 8 atom stereocenters. The van der Waals surface area contributed by atoms with E-state index in [1.54, 1.807) is 0 Å². The standard InChI is InChI=1S/C45H38O18/c46-18-10-26(53)33-32(11-18)62-43(16-2-5-21(48)24(51)8-16)40(59)37(33)35-27(54)13-28(55)36-38(41(60)44(63-45(35)36)17-3-6-22(49)25(52)9-17)34-29(56)14-31-19(39(34)58)12-30(57)42(61-31)15-1-4-20(47)23(50)7-15/h1-11,13-14,30,37-38,40-44,46-60H,12H2/t30-,37?,38?,40+,41+,42+,43+,44+/m0/s1. The average Bonchev–Trinajstić information content (AvgIpc) is 3.22. The van der Waals surface area contributed by atoms with Gasteiger partial charge in [-0.25, -0.2) is 0 Å². The van der Waals surface area contributed by atoms with Crippen molar-refractivity contribution < 1.29 is 90.8 Å². The van der Waals surface area contributed by atoms with E-state index in [4.69, 9.17) is 14.2 Å². The van der Waals surface area contributed by atoms with Gasteiger partial charge in [0, 0.05) is 58.5 Å². The van der Waals surface area contributed by atoms with Crippen LogP contribution in [0.5, 0.6) is 86.2 Å². The molecule has 0 radical (unpaired) electrons. The summed E-state index contributed by atoms with van der Waals surface area (Å²) in [5, 5.41) is 166. The molecule has 9 rings (SSSR count). The number of benzene rings is 6. The van der Waals surface area contributed by atoms with Crippen LogP contribution in [-0.2, 0) is 6.42 Å². The molecule has 0 amide bonds. The van der Waals surface area contributed by atoms with Crippen LogP contribution in [0.4, 0.5) is 0 Å². The highest BCUT2D eigenvalue weighted by Crippen LogP contribution is 2.62. The fourth-order valence-electron chi connectivity index (χ4n) is 8.93. The van der Waals surface area contributed by atoms with Crippen LogP contribution in [0.3, 0.4) is 0 Å². The van der Waals surface area contributed by atoms with Crippen molar-refractivity contribution >= 4 is 0 Å². The molecule has 2 unspecified atom stereocenters. The van der Waals surface area contributed by atoms with Crippen LogP contribution in [0.25, 0.3) is 0 Å². The van der Waals surface area contributed by atoms with Crippen molar-refractivity contribution in [2.75, 3.05) is 0 Å². The molecule has 3 aliphatic rings. The Bertz CT molecular complexity index is 2840. The zero-order chi connectivity index (χ0) is 44.9. The molecule has 0 aliphatic carbocycles. The summed E-state index contributed by atoms with van der Waals surface area (Å²) in [5.74, 6) is -11.5. The summed E-state index contributed by atoms with van der Waals surface area (Å²) in [6, 6.07) is 14.6. The zero-order valence-electron chi connectivity index (χ0n) is 32.3. The van der Waals surface area contributed by atoms with Gasteiger partial charge < -0.3 is 90.8 Å². The maximum absolute atomic E-state index is 12.3. The molecule has 18 nitrogen and oxygen atoms in total. The lowest BCUT2D eigenvalue weighted by molar-refractivity contribution is -0.00377. The second-order valence-electron chi connectivity index (χ2n) is 15.7. The van der Waals surface area contributed by atoms with E-state index >= 15 is 0 Å². The number of aliphatic hydroxyl groups excluding tert-OH is 3. The van der Waals surface area contributed by atoms with Crippen LogP contribution in [-0.4, -0.2) is 94.9 Å². The molecule has 3 aliphatic heterocycles. The van der Waals surface area contributed by atoms with Gasteiger partial charge in [0.15, 0.2) is 46.7 Å². The Morgan fingerprint density at radius 1 is 0.381 bits per heavy atom. The zero-order valence-corrected chi connectivity index (χ0v) is 32.3. The van der Waals surface area contributed by atoms with Crippen molar-refractivity contribution in [3.05, 3.63) is 123 Å². The average molecular weight is 867 g/mol. The number of hydrogen-bond donors (Lipinski definition) is 15. The maximum atomic E-state index is 12.3. The summed E-state index contributed by atoms with van der Waals surface area (Å²) < 4.78 is 18.5. The van der Waals surface area contributed by atoms with Gasteiger partial charge in [-0.2, -0.15) is 0 Å². The van der Waals surface area contributed by atoms with Crippen molar-refractivity contribution in [3.8, 4) is 86.2 Å². The van der Waals surface area contributed by atoms with Crippen LogP contribution in [0.1, 0.15) is 74.7 Å². The first kappa shape index (κ1) is 40.6. The van der Waals surface area contributed by atoms with Gasteiger partial charge in [-0.15, -0.1) is 0 Å². The Morgan fingerprint density at radius 2 is 0.825 bits per heavy atom. The predicted octanol–water partition coefficient (Wildman–Crippen LogP) is 4.44. The quantitative estimate of drug-likeness (QED) is 0.106. The molecule has 6 aromatic rings. The number of aliphatic hydroxyl groups is 3. The van der Waals surface area contributed by atoms with Crippen LogP contribution >= 0.6 is 0 Å². The lowest BCUT2D eigenvalue weighted by Gasteiger charge is -2.42. The van der Waals surface area contributed by atoms with E-state index in [2.05, 4.69) is 0 Å². The Kier molecular flexibility index (Phi) is 9.46. The highest BCUT2D eigenvalue weighted by Gasteiger charge is 2.50. The molecular formula is C45H38O18. The number of hydrogen-bond acceptors (Lipinski definition) is 18. The molecular weight excluding hydrogens is 828 g/mol. The molecule has 0 bridgehead atoms. The van der Waals surface area contributed by atoms with E-state index in [0.717, 1.165) is 48.5 Å². The van der Waals surface area contributed by atoms with Gasteiger partial charge in [0.25, 0.3) is 0 Å². The Morgan fingerprint density at radius 3 is 1.35 bits per heavy atom. The van der Waals surface area contributed by atoms with Gasteiger partial charge in [-0.3, -0.25) is 0 Å². The van der Waals surface area contributed by atoms with E-state index in [0.29, 0.717) is 0 Å². The third-order valence-electron chi connectivity index (χ3n) is 11.8. The Labute approximate surface area is 354 Å². The largest absolute Gasteiger partial charge is 0.508 e. The summed E-state index contributed by atoms with van der Waals surface area (Å²) in [4.78, 5) is 0. The van der Waals surface area contributed by atoms with E-state index in [1.165, 1.54) is 30.3 Å². The molecule has 63 heavy (non-hydrogen) atoms. The minimum absolute atomic E-state index is 0.0175. The molecule has 0 spiro atoms. The second kappa shape index (κ2) is 14.7. The third kappa shape index (κ3) is 6.46. The fourth-order valence-corrected chi connectivity index (χ4v) is 8.93. The lowest BCUT2D eigenvalue weighted by Crippen LogP contribution is -2.38. The molecule has 15 N–H and O–H groups in total. The summed E-state index contributed by atoms with van der Waals surface area (Å²) >= 11 is 0. The van der Waals surface area contributed by atoms with E-state index < -0.39 is 129 Å². The van der Waals surface area contributed by atoms with Gasteiger partial charge >= 0.3 is 0 Å². The first-order valence-corrected chi connectivity index (χ1v) is 19.3. The summed E-state index contributed by atoms with van der Waals surface area (Å²) in [5.41, 5.74) is -1.17. The van der Waals surface area contributed by atoms with Gasteiger partial charge in [0.05, 0.1) is 17.9 Å². The van der Waals surface area contributed by atoms with Crippen molar-refractivity contribution in [1.82, 2.24) is 0 Å². The van der Waals surface area contributed by atoms with Crippen LogP contribution in [0.2, 0.25) is 0 Å². The highest BCUT2D eigenvalue weighted by atomic mass is 16.5. The van der Waals surface area contributed by atoms with E-state index in [9.17, 15) is 76.6 Å². The third-order valence-corrected chi connectivity index (χ3v) is 11.8. The van der Waals surface area contributed by atoms with Crippen molar-refractivity contribution in [2.24, 2.45) is 0 Å². The molecule has 326 valence electrons. The summed E-state index contributed by atoms with van der Waals surface area (Å²) in [6.45, 7) is 0. The Hall–Kier alpha value is -7.80. The lowest BCUT2D eigenvalue weighted by atomic mass is 9.73. The van der Waals surface area contributed by atoms with Crippen molar-refractivity contribution in [1.29, 1.82) is 0 Å². The van der Waals surface area contributed by atoms with E-state index in [1.807, 2.05) is 0 Å². The number of ether oxygens (including phenoxy) is 3. The van der Waals surface area contributed by atoms with Gasteiger partial charge in [0.2, 0.25) is 0 Å². The summed E-state index contributed by atoms with van der Waals surface area (Å²) in [7, 11) is 0. The van der Waals surface area contributed by atoms with Crippen LogP contribution < -0.4 is 14.2 Å². The SMILES string of the molecule is Oc1cc(O)c2c(c1)O[C@H](c1ccc(O)c(O)c1)[C@H](O)C2c1c(O)cc(O)c2c1O[C@H](c1ccc(O)c(O)c1)[C@H](O)C2c1c(O)cc2c(c1O)C[C@H](O)[C@@H](c1ccc(O)c(O)c1)O2. The molecule has 0 saturated carbocycles. The van der Waals surface area contributed by atoms with E-state index in [-0.39, 0.29) is 56.9 Å². The number of phenols is 12. The first-order valence-electron chi connectivity index (χ1n) is 19.3. The molecule has 0 saturated heterocycles. The van der Waals surface area contributed by atoms with Gasteiger partial charge in [-0.1, -0.05) is 18.2 Å². The molecule has 3 heterocycles. The molecule has 6 aromatic carbocycles. The smallest absolute Gasteiger partial charge is 0.157 e. The predicted molar refractivity (Wildman–Crippen MR) is 214 cm³/mol. The van der Waals surface area contributed by atoms with Crippen LogP contribution in [0.15, 0.2) is 78.9 Å². The number of aromatic hydroxyl groups is 12. The Balaban J connectivity index is 1.26. The monoisotopic (exact) mass is 866 g/mol. The molecule has 0 fully saturated rings. The summed E-state index contributed by atoms with van der Waals surface area (Å²) in [6.07, 6.45) is -9.76. The molecule has 0 aromatic heterocycles. The molecule has 18 heteroatoms. The highest BCUT2D eigenvalue weighted by molar-refractivity contribution is 5.70. The van der Waals surface area contributed by atoms with Gasteiger partial charge in [0.1, 0.15) is 70.1 Å². The normalized spacial score (nSPS) is 23.6. The van der Waals surface area contributed by atoms with Gasteiger partial charge in [-0.05, 0) is 53.1 Å². The number of phenolic OH excluding ortho intramolecular Hbond substituents is 12. The minimum atomic E-state index is -1.91. The van der Waals surface area contributed by atoms with Crippen LogP contribution in [0, 0.1) is 0 Å². The van der Waals surface area contributed by atoms with Crippen molar-refractivity contribution in [2.45, 2.75) is 54.9 Å². The second-order valence-corrected chi connectivity index (χ2v) is 15.7. The van der Waals surface area contributed by atoms with Crippen molar-refractivity contribution in [3.63, 3.8) is 0 Å². The maximum Gasteiger partial charge on any atom is 0.157 e. The first-order chi connectivity index (χ1) is 29.9. The minimum Gasteiger partial charge on any atom is -0.508 e. The number of fused-ring (bicyclic) bond motifs is 3.